The standard InChI is InChI=1S/C25H37N5O3/c1-4-30-23-20(15-27-30)22(28-17(3)18-10-7-6-8-11-18)21(14-26-23)24(31)29-13-9-12-19(16-29)25(32)33-5-2/h14-15,17-19H,4-13,16H2,1-3H3,(H,26,28)/t17-,19?/m1/s1. The summed E-state index contributed by atoms with van der Waals surface area (Å²) >= 11 is 0. The average Bonchev–Trinajstić information content (AvgIpc) is 3.28. The van der Waals surface area contributed by atoms with Crippen LogP contribution in [0.5, 0.6) is 0 Å². The zero-order chi connectivity index (χ0) is 23.4. The summed E-state index contributed by atoms with van der Waals surface area (Å²) in [7, 11) is 0. The number of rotatable bonds is 7. The van der Waals surface area contributed by atoms with E-state index in [2.05, 4.69) is 22.3 Å². The summed E-state index contributed by atoms with van der Waals surface area (Å²) in [5.41, 5.74) is 2.17. The second-order valence-corrected chi connectivity index (χ2v) is 9.42. The molecule has 8 nitrogen and oxygen atoms in total. The largest absolute Gasteiger partial charge is 0.466 e. The van der Waals surface area contributed by atoms with E-state index in [1.54, 1.807) is 11.1 Å². The molecule has 1 unspecified atom stereocenters. The minimum atomic E-state index is -0.264. The maximum atomic E-state index is 13.7. The molecule has 8 heteroatoms. The number of hydrogen-bond acceptors (Lipinski definition) is 6. The van der Waals surface area contributed by atoms with E-state index in [0.29, 0.717) is 31.2 Å². The van der Waals surface area contributed by atoms with Crippen LogP contribution in [0.3, 0.4) is 0 Å². The normalized spacial score (nSPS) is 20.6. The fourth-order valence-electron chi connectivity index (χ4n) is 5.34. The van der Waals surface area contributed by atoms with Crippen LogP contribution >= 0.6 is 0 Å². The number of piperidine rings is 1. The summed E-state index contributed by atoms with van der Waals surface area (Å²) in [6, 6.07) is 0.251. The minimum absolute atomic E-state index is 0.0824. The third-order valence-electron chi connectivity index (χ3n) is 7.25. The number of carbonyl (C=O) groups is 2. The number of nitrogens with zero attached hydrogens (tertiary/aromatic N) is 4. The van der Waals surface area contributed by atoms with Gasteiger partial charge in [0.25, 0.3) is 5.91 Å². The molecule has 2 atom stereocenters. The summed E-state index contributed by atoms with van der Waals surface area (Å²) < 4.78 is 7.08. The number of aromatic nitrogens is 3. The molecule has 3 heterocycles. The van der Waals surface area contributed by atoms with Crippen molar-refractivity contribution in [3.63, 3.8) is 0 Å². The number of amides is 1. The molecule has 0 radical (unpaired) electrons. The van der Waals surface area contributed by atoms with Crippen molar-refractivity contribution in [2.75, 3.05) is 25.0 Å². The predicted molar refractivity (Wildman–Crippen MR) is 128 cm³/mol. The van der Waals surface area contributed by atoms with Crippen molar-refractivity contribution in [3.8, 4) is 0 Å². The summed E-state index contributed by atoms with van der Waals surface area (Å²) in [6.45, 7) is 8.17. The van der Waals surface area contributed by atoms with Gasteiger partial charge in [0.15, 0.2) is 5.65 Å². The van der Waals surface area contributed by atoms with Gasteiger partial charge in [0.05, 0.1) is 35.4 Å². The van der Waals surface area contributed by atoms with Crippen LogP contribution in [0.1, 0.15) is 76.1 Å². The Morgan fingerprint density at radius 2 is 1.94 bits per heavy atom. The molecule has 2 aromatic heterocycles. The fourth-order valence-corrected chi connectivity index (χ4v) is 5.34. The van der Waals surface area contributed by atoms with Gasteiger partial charge in [-0.3, -0.25) is 9.59 Å². The highest BCUT2D eigenvalue weighted by atomic mass is 16.5. The highest BCUT2D eigenvalue weighted by Gasteiger charge is 2.32. The van der Waals surface area contributed by atoms with Crippen LogP contribution in [0.15, 0.2) is 12.4 Å². The first kappa shape index (κ1) is 23.5. The number of carbonyl (C=O) groups excluding carboxylic acids is 2. The van der Waals surface area contributed by atoms with Crippen LogP contribution in [0.2, 0.25) is 0 Å². The van der Waals surface area contributed by atoms with Gasteiger partial charge in [-0.2, -0.15) is 5.10 Å². The van der Waals surface area contributed by atoms with Gasteiger partial charge in [0.2, 0.25) is 0 Å². The molecule has 1 aliphatic heterocycles. The average molecular weight is 456 g/mol. The van der Waals surface area contributed by atoms with E-state index in [-0.39, 0.29) is 23.8 Å². The number of pyridine rings is 1. The molecule has 2 aliphatic rings. The molecule has 1 N–H and O–H groups in total. The first-order valence-corrected chi connectivity index (χ1v) is 12.6. The summed E-state index contributed by atoms with van der Waals surface area (Å²) in [4.78, 5) is 32.4. The van der Waals surface area contributed by atoms with Gasteiger partial charge in [-0.25, -0.2) is 9.67 Å². The van der Waals surface area contributed by atoms with Crippen LogP contribution < -0.4 is 5.32 Å². The minimum Gasteiger partial charge on any atom is -0.466 e. The lowest BCUT2D eigenvalue weighted by Crippen LogP contribution is -2.43. The first-order chi connectivity index (χ1) is 16.0. The number of nitrogens with one attached hydrogen (secondary N) is 1. The monoisotopic (exact) mass is 455 g/mol. The predicted octanol–water partition coefficient (Wildman–Crippen LogP) is 4.25. The van der Waals surface area contributed by atoms with Crippen molar-refractivity contribution in [2.45, 2.75) is 78.3 Å². The number of esters is 1. The van der Waals surface area contributed by atoms with Gasteiger partial charge in [-0.05, 0) is 52.4 Å². The van der Waals surface area contributed by atoms with E-state index in [9.17, 15) is 9.59 Å². The number of anilines is 1. The second kappa shape index (κ2) is 10.5. The Morgan fingerprint density at radius 1 is 1.15 bits per heavy atom. The second-order valence-electron chi connectivity index (χ2n) is 9.42. The smallest absolute Gasteiger partial charge is 0.310 e. The van der Waals surface area contributed by atoms with Crippen molar-refractivity contribution in [3.05, 3.63) is 18.0 Å². The third kappa shape index (κ3) is 4.99. The van der Waals surface area contributed by atoms with Crippen molar-refractivity contribution in [2.24, 2.45) is 11.8 Å². The first-order valence-electron chi connectivity index (χ1n) is 12.6. The molecule has 1 aliphatic carbocycles. The Labute approximate surface area is 196 Å². The van der Waals surface area contributed by atoms with Crippen molar-refractivity contribution >= 4 is 28.6 Å². The summed E-state index contributed by atoms with van der Waals surface area (Å²) in [5, 5.41) is 9.07. The molecule has 0 aromatic carbocycles. The van der Waals surface area contributed by atoms with E-state index in [1.165, 1.54) is 32.1 Å². The van der Waals surface area contributed by atoms with Crippen LogP contribution in [-0.4, -0.2) is 57.3 Å². The van der Waals surface area contributed by atoms with E-state index in [4.69, 9.17) is 4.74 Å². The lowest BCUT2D eigenvalue weighted by atomic mass is 9.84. The van der Waals surface area contributed by atoms with Gasteiger partial charge in [-0.1, -0.05) is 19.3 Å². The number of hydrogen-bond donors (Lipinski definition) is 1. The number of likely N-dealkylation sites (tertiary alicyclic amines) is 1. The van der Waals surface area contributed by atoms with Crippen LogP contribution in [0.4, 0.5) is 5.69 Å². The van der Waals surface area contributed by atoms with Gasteiger partial charge < -0.3 is 15.0 Å². The quantitative estimate of drug-likeness (QED) is 0.628. The lowest BCUT2D eigenvalue weighted by molar-refractivity contribution is -0.149. The van der Waals surface area contributed by atoms with Gasteiger partial charge in [0, 0.05) is 31.9 Å². The Hall–Kier alpha value is -2.64. The number of aryl methyl sites for hydroxylation is 1. The van der Waals surface area contributed by atoms with Crippen LogP contribution in [-0.2, 0) is 16.1 Å². The Kier molecular flexibility index (Phi) is 7.50. The molecule has 0 spiro atoms. The number of ether oxygens (including phenoxy) is 1. The van der Waals surface area contributed by atoms with Gasteiger partial charge >= 0.3 is 5.97 Å². The van der Waals surface area contributed by atoms with Gasteiger partial charge in [0.1, 0.15) is 0 Å². The Balaban J connectivity index is 1.63. The molecule has 1 saturated carbocycles. The molecular formula is C25H37N5O3. The number of fused-ring (bicyclic) bond motifs is 1. The lowest BCUT2D eigenvalue weighted by Gasteiger charge is -2.33. The molecule has 2 fully saturated rings. The zero-order valence-electron chi connectivity index (χ0n) is 20.2. The fraction of sp³-hybridized carbons (Fsp3) is 0.680. The Morgan fingerprint density at radius 3 is 2.67 bits per heavy atom. The van der Waals surface area contributed by atoms with Crippen molar-refractivity contribution in [1.82, 2.24) is 19.7 Å². The van der Waals surface area contributed by atoms with Gasteiger partial charge in [-0.15, -0.1) is 0 Å². The molecule has 1 saturated heterocycles. The van der Waals surface area contributed by atoms with Crippen molar-refractivity contribution < 1.29 is 14.3 Å². The van der Waals surface area contributed by atoms with E-state index in [0.717, 1.165) is 36.1 Å². The molecular weight excluding hydrogens is 418 g/mol. The van der Waals surface area contributed by atoms with Crippen LogP contribution in [0, 0.1) is 11.8 Å². The van der Waals surface area contributed by atoms with E-state index >= 15 is 0 Å². The molecule has 0 bridgehead atoms. The van der Waals surface area contributed by atoms with E-state index in [1.807, 2.05) is 24.7 Å². The summed E-state index contributed by atoms with van der Waals surface area (Å²) in [6.07, 6.45) is 11.3. The highest BCUT2D eigenvalue weighted by Crippen LogP contribution is 2.33. The van der Waals surface area contributed by atoms with E-state index < -0.39 is 0 Å². The molecule has 4 rings (SSSR count). The zero-order valence-corrected chi connectivity index (χ0v) is 20.2. The Bertz CT molecular complexity index is 982. The SMILES string of the molecule is CCOC(=O)C1CCCN(C(=O)c2cnc3c(cnn3CC)c2N[C@H](C)C2CCCCC2)C1. The highest BCUT2D eigenvalue weighted by molar-refractivity contribution is 6.06. The molecule has 180 valence electrons. The molecule has 2 aromatic rings. The van der Waals surface area contributed by atoms with Crippen molar-refractivity contribution in [1.29, 1.82) is 0 Å². The topological polar surface area (TPSA) is 89.3 Å². The van der Waals surface area contributed by atoms with Crippen LogP contribution in [0.25, 0.3) is 11.0 Å². The maximum Gasteiger partial charge on any atom is 0.310 e. The molecule has 1 amide bonds. The summed E-state index contributed by atoms with van der Waals surface area (Å²) in [5.74, 6) is 0.0344. The molecule has 33 heavy (non-hydrogen) atoms. The third-order valence-corrected chi connectivity index (χ3v) is 7.25. The maximum absolute atomic E-state index is 13.7.